The molecule has 3 rings (SSSR count). The Morgan fingerprint density at radius 1 is 0.952 bits per heavy atom. The number of aliphatic imine (C=N–C) groups is 2. The summed E-state index contributed by atoms with van der Waals surface area (Å²) in [4.78, 5) is 7.54. The normalized spacial score (nSPS) is 21.1. The van der Waals surface area contributed by atoms with Gasteiger partial charge in [0.15, 0.2) is 0 Å². The SMILES string of the molecule is ClC1=NC(Cl)(c2ccccc2Br)C(c2ccc(Br)cc2)=N1. The van der Waals surface area contributed by atoms with E-state index in [9.17, 15) is 0 Å². The molecule has 2 nitrogen and oxygen atoms in total. The van der Waals surface area contributed by atoms with Gasteiger partial charge in [0.05, 0.1) is 5.71 Å². The van der Waals surface area contributed by atoms with E-state index < -0.39 is 5.00 Å². The van der Waals surface area contributed by atoms with Gasteiger partial charge in [-0.1, -0.05) is 73.8 Å². The minimum Gasteiger partial charge on any atom is -0.221 e. The number of alkyl halides is 1. The summed E-state index contributed by atoms with van der Waals surface area (Å²) in [6.07, 6.45) is 0. The second-order valence-corrected chi connectivity index (χ2v) is 7.11. The van der Waals surface area contributed by atoms with Crippen LogP contribution in [0, 0.1) is 0 Å². The Morgan fingerprint density at radius 2 is 1.62 bits per heavy atom. The minimum absolute atomic E-state index is 0.152. The average Bonchev–Trinajstić information content (AvgIpc) is 2.76. The molecule has 0 aliphatic carbocycles. The molecule has 1 atom stereocenters. The van der Waals surface area contributed by atoms with Gasteiger partial charge in [0.25, 0.3) is 0 Å². The Labute approximate surface area is 149 Å². The van der Waals surface area contributed by atoms with E-state index in [2.05, 4.69) is 41.8 Å². The molecule has 0 amide bonds. The zero-order valence-electron chi connectivity index (χ0n) is 10.5. The highest BCUT2D eigenvalue weighted by atomic mass is 79.9. The largest absolute Gasteiger partial charge is 0.221 e. The van der Waals surface area contributed by atoms with Crippen molar-refractivity contribution in [2.45, 2.75) is 5.00 Å². The van der Waals surface area contributed by atoms with E-state index >= 15 is 0 Å². The summed E-state index contributed by atoms with van der Waals surface area (Å²) in [6, 6.07) is 15.4. The molecule has 2 aromatic carbocycles. The van der Waals surface area contributed by atoms with E-state index in [-0.39, 0.29) is 5.29 Å². The first-order valence-electron chi connectivity index (χ1n) is 6.05. The van der Waals surface area contributed by atoms with Crippen LogP contribution >= 0.6 is 55.1 Å². The standard InChI is InChI=1S/C15H8Br2Cl2N2/c16-10-7-5-9(6-8-10)13-15(19,21-14(18)20-13)11-3-1-2-4-12(11)17/h1-8H. The summed E-state index contributed by atoms with van der Waals surface area (Å²) in [7, 11) is 0. The van der Waals surface area contributed by atoms with Crippen LogP contribution < -0.4 is 0 Å². The van der Waals surface area contributed by atoms with Crippen LogP contribution in [-0.4, -0.2) is 11.0 Å². The van der Waals surface area contributed by atoms with Crippen LogP contribution in [-0.2, 0) is 5.00 Å². The molecule has 1 aliphatic heterocycles. The maximum absolute atomic E-state index is 6.79. The summed E-state index contributed by atoms with van der Waals surface area (Å²) in [5.74, 6) is 0. The van der Waals surface area contributed by atoms with Crippen molar-refractivity contribution in [3.8, 4) is 0 Å². The van der Waals surface area contributed by atoms with E-state index in [1.165, 1.54) is 0 Å². The van der Waals surface area contributed by atoms with Gasteiger partial charge in [-0.05, 0) is 29.8 Å². The zero-order chi connectivity index (χ0) is 15.0. The Bertz CT molecular complexity index is 757. The number of nitrogens with zero attached hydrogens (tertiary/aromatic N) is 2. The highest BCUT2D eigenvalue weighted by Gasteiger charge is 2.41. The quantitative estimate of drug-likeness (QED) is 0.417. The van der Waals surface area contributed by atoms with Gasteiger partial charge in [-0.3, -0.25) is 0 Å². The molecule has 6 heteroatoms. The third-order valence-electron chi connectivity index (χ3n) is 3.11. The molecule has 0 spiro atoms. The molecular formula is C15H8Br2Cl2N2. The molecular weight excluding hydrogens is 439 g/mol. The van der Waals surface area contributed by atoms with Crippen LogP contribution in [0.25, 0.3) is 0 Å². The maximum atomic E-state index is 6.79. The fourth-order valence-electron chi connectivity index (χ4n) is 2.15. The van der Waals surface area contributed by atoms with Crippen LogP contribution in [0.5, 0.6) is 0 Å². The number of hydrogen-bond donors (Lipinski definition) is 0. The Morgan fingerprint density at radius 3 is 2.29 bits per heavy atom. The lowest BCUT2D eigenvalue weighted by Gasteiger charge is -2.22. The Hall–Kier alpha value is -0.680. The number of amidine groups is 1. The van der Waals surface area contributed by atoms with Crippen LogP contribution in [0.2, 0.25) is 0 Å². The molecule has 0 saturated carbocycles. The average molecular weight is 447 g/mol. The summed E-state index contributed by atoms with van der Waals surface area (Å²) >= 11 is 19.8. The number of hydrogen-bond acceptors (Lipinski definition) is 2. The van der Waals surface area contributed by atoms with Crippen molar-refractivity contribution in [1.29, 1.82) is 0 Å². The van der Waals surface area contributed by atoms with Crippen LogP contribution in [0.15, 0.2) is 67.5 Å². The number of rotatable bonds is 2. The maximum Gasteiger partial charge on any atom is 0.220 e. The second-order valence-electron chi connectivity index (χ2n) is 4.45. The fourth-order valence-corrected chi connectivity index (χ4v) is 3.75. The van der Waals surface area contributed by atoms with Crippen LogP contribution in [0.3, 0.4) is 0 Å². The summed E-state index contributed by atoms with van der Waals surface area (Å²) in [6.45, 7) is 0. The van der Waals surface area contributed by atoms with E-state index in [1.54, 1.807) is 0 Å². The van der Waals surface area contributed by atoms with Gasteiger partial charge in [0.1, 0.15) is 0 Å². The van der Waals surface area contributed by atoms with E-state index in [1.807, 2.05) is 48.5 Å². The lowest BCUT2D eigenvalue weighted by molar-refractivity contribution is 0.880. The lowest BCUT2D eigenvalue weighted by Crippen LogP contribution is -2.26. The molecule has 0 aromatic heterocycles. The van der Waals surface area contributed by atoms with Gasteiger partial charge in [-0.25, -0.2) is 9.98 Å². The Kier molecular flexibility index (Phi) is 4.23. The van der Waals surface area contributed by atoms with Gasteiger partial charge >= 0.3 is 0 Å². The minimum atomic E-state index is -1.12. The smallest absolute Gasteiger partial charge is 0.220 e. The van der Waals surface area contributed by atoms with Gasteiger partial charge in [0, 0.05) is 20.1 Å². The first-order chi connectivity index (χ1) is 10.0. The van der Waals surface area contributed by atoms with E-state index in [4.69, 9.17) is 23.2 Å². The monoisotopic (exact) mass is 444 g/mol. The van der Waals surface area contributed by atoms with Crippen LogP contribution in [0.1, 0.15) is 11.1 Å². The second kappa shape index (κ2) is 5.84. The lowest BCUT2D eigenvalue weighted by atomic mass is 9.97. The molecule has 1 unspecified atom stereocenters. The van der Waals surface area contributed by atoms with Gasteiger partial charge in [-0.2, -0.15) is 0 Å². The molecule has 106 valence electrons. The molecule has 0 saturated heterocycles. The summed E-state index contributed by atoms with van der Waals surface area (Å²) in [5.41, 5.74) is 2.31. The topological polar surface area (TPSA) is 24.7 Å². The fraction of sp³-hybridized carbons (Fsp3) is 0.0667. The molecule has 0 N–H and O–H groups in total. The molecule has 1 aliphatic rings. The van der Waals surface area contributed by atoms with Crippen molar-refractivity contribution >= 4 is 66.1 Å². The number of benzene rings is 2. The van der Waals surface area contributed by atoms with Gasteiger partial charge < -0.3 is 0 Å². The first-order valence-corrected chi connectivity index (χ1v) is 8.39. The van der Waals surface area contributed by atoms with Crippen molar-refractivity contribution in [2.75, 3.05) is 0 Å². The molecule has 1 heterocycles. The summed E-state index contributed by atoms with van der Waals surface area (Å²) in [5, 5.41) is 0.152. The van der Waals surface area contributed by atoms with Crippen molar-refractivity contribution in [3.63, 3.8) is 0 Å². The first kappa shape index (κ1) is 15.2. The van der Waals surface area contributed by atoms with Crippen molar-refractivity contribution in [1.82, 2.24) is 0 Å². The molecule has 0 radical (unpaired) electrons. The van der Waals surface area contributed by atoms with Gasteiger partial charge in [-0.15, -0.1) is 0 Å². The highest BCUT2D eigenvalue weighted by Crippen LogP contribution is 2.42. The predicted octanol–water partition coefficient (Wildman–Crippen LogP) is 5.70. The van der Waals surface area contributed by atoms with Crippen molar-refractivity contribution < 1.29 is 0 Å². The molecule has 0 bridgehead atoms. The van der Waals surface area contributed by atoms with Gasteiger partial charge in [0.2, 0.25) is 10.3 Å². The third-order valence-corrected chi connectivity index (χ3v) is 4.97. The van der Waals surface area contributed by atoms with Crippen molar-refractivity contribution in [2.24, 2.45) is 9.98 Å². The van der Waals surface area contributed by atoms with Crippen LogP contribution in [0.4, 0.5) is 0 Å². The third kappa shape index (κ3) is 2.82. The summed E-state index contributed by atoms with van der Waals surface area (Å²) < 4.78 is 1.85. The molecule has 2 aromatic rings. The van der Waals surface area contributed by atoms with E-state index in [0.717, 1.165) is 20.1 Å². The highest BCUT2D eigenvalue weighted by molar-refractivity contribution is 9.10. The van der Waals surface area contributed by atoms with Crippen molar-refractivity contribution in [3.05, 3.63) is 68.6 Å². The molecule has 21 heavy (non-hydrogen) atoms. The predicted molar refractivity (Wildman–Crippen MR) is 95.6 cm³/mol. The molecule has 0 fully saturated rings. The Balaban J connectivity index is 2.15. The zero-order valence-corrected chi connectivity index (χ0v) is 15.2. The van der Waals surface area contributed by atoms with E-state index in [0.29, 0.717) is 5.71 Å². The number of halogens is 4.